The lowest BCUT2D eigenvalue weighted by Crippen LogP contribution is -2.18. The van der Waals surface area contributed by atoms with Gasteiger partial charge in [-0.2, -0.15) is 0 Å². The van der Waals surface area contributed by atoms with Crippen molar-refractivity contribution >= 4 is 11.8 Å². The van der Waals surface area contributed by atoms with Crippen LogP contribution >= 0.6 is 11.8 Å². The van der Waals surface area contributed by atoms with Crippen LogP contribution in [0.3, 0.4) is 0 Å². The molecule has 1 N–H and O–H groups in total. The van der Waals surface area contributed by atoms with Gasteiger partial charge in [0.25, 0.3) is 0 Å². The van der Waals surface area contributed by atoms with E-state index in [0.29, 0.717) is 6.04 Å². The van der Waals surface area contributed by atoms with E-state index in [-0.39, 0.29) is 0 Å². The van der Waals surface area contributed by atoms with E-state index in [1.54, 1.807) is 26.0 Å². The van der Waals surface area contributed by atoms with Crippen molar-refractivity contribution in [3.63, 3.8) is 0 Å². The topological polar surface area (TPSA) is 30.5 Å². The summed E-state index contributed by atoms with van der Waals surface area (Å²) in [6.07, 6.45) is 6.06. The molecule has 0 aliphatic heterocycles. The van der Waals surface area contributed by atoms with Gasteiger partial charge >= 0.3 is 0 Å². The second-order valence-corrected chi connectivity index (χ2v) is 6.14. The Balaban J connectivity index is 2.03. The lowest BCUT2D eigenvalue weighted by Gasteiger charge is -2.14. The summed E-state index contributed by atoms with van der Waals surface area (Å²) in [6, 6.07) is 4.86. The Labute approximate surface area is 126 Å². The fourth-order valence-electron chi connectivity index (χ4n) is 2.66. The first-order valence-corrected chi connectivity index (χ1v) is 8.48. The molecule has 2 atom stereocenters. The fourth-order valence-corrected chi connectivity index (χ4v) is 3.28. The molecule has 112 valence electrons. The molecule has 0 radical (unpaired) electrons. The van der Waals surface area contributed by atoms with Crippen LogP contribution in [0.15, 0.2) is 17.0 Å². The maximum absolute atomic E-state index is 5.40. The quantitative estimate of drug-likeness (QED) is 0.741. The Bertz CT molecular complexity index is 450. The molecule has 0 bridgehead atoms. The summed E-state index contributed by atoms with van der Waals surface area (Å²) < 4.78 is 10.8. The van der Waals surface area contributed by atoms with Crippen LogP contribution in [0.2, 0.25) is 0 Å². The van der Waals surface area contributed by atoms with E-state index in [4.69, 9.17) is 9.47 Å². The lowest BCUT2D eigenvalue weighted by molar-refractivity contribution is 0.353. The number of benzene rings is 1. The van der Waals surface area contributed by atoms with E-state index in [1.165, 1.54) is 29.7 Å². The molecule has 2 unspecified atom stereocenters. The minimum atomic E-state index is 0.706. The van der Waals surface area contributed by atoms with Gasteiger partial charge in [0.15, 0.2) is 11.5 Å². The van der Waals surface area contributed by atoms with Crippen molar-refractivity contribution in [2.24, 2.45) is 5.92 Å². The molecular weight excluding hydrogens is 270 g/mol. The standard InChI is InChI=1S/C16H25NO2S/c1-5-6-11-7-13(11)17-10-12-8-14(18-2)15(19-3)9-16(12)20-4/h8-9,11,13,17H,5-7,10H2,1-4H3. The van der Waals surface area contributed by atoms with Gasteiger partial charge in [-0.05, 0) is 42.7 Å². The fraction of sp³-hybridized carbons (Fsp3) is 0.625. The molecule has 1 aliphatic rings. The molecule has 0 saturated heterocycles. The van der Waals surface area contributed by atoms with Crippen molar-refractivity contribution in [3.8, 4) is 11.5 Å². The summed E-state index contributed by atoms with van der Waals surface area (Å²) in [5.41, 5.74) is 1.29. The third kappa shape index (κ3) is 3.61. The molecule has 1 aromatic carbocycles. The Morgan fingerprint density at radius 2 is 1.95 bits per heavy atom. The number of methoxy groups -OCH3 is 2. The van der Waals surface area contributed by atoms with Crippen LogP contribution in [0.1, 0.15) is 31.7 Å². The van der Waals surface area contributed by atoms with Gasteiger partial charge in [0.2, 0.25) is 0 Å². The van der Waals surface area contributed by atoms with E-state index in [0.717, 1.165) is 24.0 Å². The molecule has 20 heavy (non-hydrogen) atoms. The first-order chi connectivity index (χ1) is 9.73. The molecular formula is C16H25NO2S. The highest BCUT2D eigenvalue weighted by Gasteiger charge is 2.35. The number of nitrogens with one attached hydrogen (secondary N) is 1. The van der Waals surface area contributed by atoms with Crippen molar-refractivity contribution in [1.82, 2.24) is 5.32 Å². The summed E-state index contributed by atoms with van der Waals surface area (Å²) in [6.45, 7) is 3.16. The van der Waals surface area contributed by atoms with Crippen LogP contribution in [0, 0.1) is 5.92 Å². The predicted molar refractivity (Wildman–Crippen MR) is 85.0 cm³/mol. The van der Waals surface area contributed by atoms with E-state index in [2.05, 4.69) is 30.6 Å². The largest absolute Gasteiger partial charge is 0.493 e. The molecule has 1 aliphatic carbocycles. The van der Waals surface area contributed by atoms with Crippen LogP contribution < -0.4 is 14.8 Å². The Kier molecular flexibility index (Phi) is 5.61. The van der Waals surface area contributed by atoms with Crippen LogP contribution in [-0.4, -0.2) is 26.5 Å². The summed E-state index contributed by atoms with van der Waals surface area (Å²) in [7, 11) is 3.37. The number of ether oxygens (including phenoxy) is 2. The third-order valence-electron chi connectivity index (χ3n) is 3.92. The average Bonchev–Trinajstić information content (AvgIpc) is 3.22. The predicted octanol–water partition coefficient (Wildman–Crippen LogP) is 3.70. The summed E-state index contributed by atoms with van der Waals surface area (Å²) in [5.74, 6) is 2.50. The minimum absolute atomic E-state index is 0.706. The lowest BCUT2D eigenvalue weighted by atomic mass is 10.2. The number of hydrogen-bond acceptors (Lipinski definition) is 4. The van der Waals surface area contributed by atoms with Crippen molar-refractivity contribution in [2.45, 2.75) is 43.7 Å². The maximum atomic E-state index is 5.40. The number of thioether (sulfide) groups is 1. The molecule has 3 nitrogen and oxygen atoms in total. The van der Waals surface area contributed by atoms with Crippen LogP contribution in [0.5, 0.6) is 11.5 Å². The van der Waals surface area contributed by atoms with Gasteiger partial charge in [-0.3, -0.25) is 0 Å². The Morgan fingerprint density at radius 1 is 1.25 bits per heavy atom. The first-order valence-electron chi connectivity index (χ1n) is 7.25. The van der Waals surface area contributed by atoms with E-state index in [9.17, 15) is 0 Å². The summed E-state index contributed by atoms with van der Waals surface area (Å²) >= 11 is 1.75. The Hall–Kier alpha value is -0.870. The monoisotopic (exact) mass is 295 g/mol. The highest BCUT2D eigenvalue weighted by atomic mass is 32.2. The molecule has 1 fully saturated rings. The van der Waals surface area contributed by atoms with Gasteiger partial charge in [-0.15, -0.1) is 11.8 Å². The van der Waals surface area contributed by atoms with E-state index in [1.807, 2.05) is 0 Å². The van der Waals surface area contributed by atoms with Crippen molar-refractivity contribution in [2.75, 3.05) is 20.5 Å². The first kappa shape index (κ1) is 15.5. The summed E-state index contributed by atoms with van der Waals surface area (Å²) in [4.78, 5) is 1.25. The summed E-state index contributed by atoms with van der Waals surface area (Å²) in [5, 5.41) is 3.66. The minimum Gasteiger partial charge on any atom is -0.493 e. The zero-order chi connectivity index (χ0) is 14.5. The zero-order valence-corrected chi connectivity index (χ0v) is 13.7. The normalized spacial score (nSPS) is 20.8. The van der Waals surface area contributed by atoms with E-state index < -0.39 is 0 Å². The van der Waals surface area contributed by atoms with Gasteiger partial charge < -0.3 is 14.8 Å². The number of hydrogen-bond donors (Lipinski definition) is 1. The van der Waals surface area contributed by atoms with Crippen molar-refractivity contribution < 1.29 is 9.47 Å². The van der Waals surface area contributed by atoms with Gasteiger partial charge in [-0.25, -0.2) is 0 Å². The van der Waals surface area contributed by atoms with Crippen LogP contribution in [-0.2, 0) is 6.54 Å². The second kappa shape index (κ2) is 7.23. The highest BCUT2D eigenvalue weighted by molar-refractivity contribution is 7.98. The van der Waals surface area contributed by atoms with Gasteiger partial charge in [0.05, 0.1) is 14.2 Å². The average molecular weight is 295 g/mol. The zero-order valence-electron chi connectivity index (χ0n) is 12.9. The van der Waals surface area contributed by atoms with Crippen LogP contribution in [0.25, 0.3) is 0 Å². The highest BCUT2D eigenvalue weighted by Crippen LogP contribution is 2.37. The van der Waals surface area contributed by atoms with Crippen molar-refractivity contribution in [3.05, 3.63) is 17.7 Å². The van der Waals surface area contributed by atoms with Crippen LogP contribution in [0.4, 0.5) is 0 Å². The van der Waals surface area contributed by atoms with Gasteiger partial charge in [-0.1, -0.05) is 13.3 Å². The molecule has 4 heteroatoms. The van der Waals surface area contributed by atoms with E-state index >= 15 is 0 Å². The molecule has 1 saturated carbocycles. The maximum Gasteiger partial charge on any atom is 0.161 e. The number of rotatable bonds is 8. The van der Waals surface area contributed by atoms with Gasteiger partial charge in [0, 0.05) is 17.5 Å². The molecule has 0 heterocycles. The molecule has 0 aromatic heterocycles. The smallest absolute Gasteiger partial charge is 0.161 e. The molecule has 1 aromatic rings. The van der Waals surface area contributed by atoms with Crippen molar-refractivity contribution in [1.29, 1.82) is 0 Å². The molecule has 2 rings (SSSR count). The SMILES string of the molecule is CCCC1CC1NCc1cc(OC)c(OC)cc1SC. The second-order valence-electron chi connectivity index (χ2n) is 5.29. The Morgan fingerprint density at radius 3 is 2.55 bits per heavy atom. The van der Waals surface area contributed by atoms with Gasteiger partial charge in [0.1, 0.15) is 0 Å². The molecule has 0 spiro atoms. The molecule has 0 amide bonds. The third-order valence-corrected chi connectivity index (χ3v) is 4.74.